The van der Waals surface area contributed by atoms with Crippen LogP contribution in [0.15, 0.2) is 42.7 Å². The highest BCUT2D eigenvalue weighted by atomic mass is 16.7. The van der Waals surface area contributed by atoms with Crippen LogP contribution in [-0.4, -0.2) is 49.1 Å². The fourth-order valence-corrected chi connectivity index (χ4v) is 3.52. The maximum Gasteiger partial charge on any atom is 0.171 e. The molecule has 2 aliphatic rings. The van der Waals surface area contributed by atoms with Crippen LogP contribution >= 0.6 is 0 Å². The Morgan fingerprint density at radius 1 is 1.08 bits per heavy atom. The van der Waals surface area contributed by atoms with Crippen LogP contribution in [0.1, 0.15) is 18.4 Å². The summed E-state index contributed by atoms with van der Waals surface area (Å²) in [4.78, 5) is 13.4. The molecule has 0 N–H and O–H groups in total. The quantitative estimate of drug-likeness (QED) is 0.852. The molecule has 1 spiro atoms. The number of benzene rings is 1. The van der Waals surface area contributed by atoms with E-state index in [0.29, 0.717) is 13.2 Å². The molecule has 6 nitrogen and oxygen atoms in total. The fourth-order valence-electron chi connectivity index (χ4n) is 3.52. The Morgan fingerprint density at radius 3 is 2.52 bits per heavy atom. The zero-order valence-corrected chi connectivity index (χ0v) is 14.6. The first kappa shape index (κ1) is 16.3. The van der Waals surface area contributed by atoms with Crippen molar-refractivity contribution < 1.29 is 9.47 Å². The van der Waals surface area contributed by atoms with Crippen molar-refractivity contribution in [1.29, 1.82) is 0 Å². The molecule has 0 unspecified atom stereocenters. The number of anilines is 2. The summed E-state index contributed by atoms with van der Waals surface area (Å²) in [6.07, 6.45) is 3.41. The van der Waals surface area contributed by atoms with Crippen LogP contribution in [0.3, 0.4) is 0 Å². The second kappa shape index (κ2) is 6.98. The van der Waals surface area contributed by atoms with Crippen molar-refractivity contribution in [2.75, 3.05) is 43.2 Å². The van der Waals surface area contributed by atoms with Gasteiger partial charge in [0.2, 0.25) is 0 Å². The first-order valence-corrected chi connectivity index (χ1v) is 8.84. The van der Waals surface area contributed by atoms with Crippen molar-refractivity contribution in [1.82, 2.24) is 9.97 Å². The maximum absolute atomic E-state index is 5.80. The molecule has 0 atom stereocenters. The van der Waals surface area contributed by atoms with E-state index in [0.717, 1.165) is 44.1 Å². The molecular formula is C19H24N4O2. The fraction of sp³-hybridized carbons (Fsp3) is 0.474. The largest absolute Gasteiger partial charge is 0.356 e. The van der Waals surface area contributed by atoms with E-state index < -0.39 is 0 Å². The summed E-state index contributed by atoms with van der Waals surface area (Å²) in [7, 11) is 2.06. The van der Waals surface area contributed by atoms with Gasteiger partial charge in [-0.2, -0.15) is 0 Å². The van der Waals surface area contributed by atoms with Crippen LogP contribution in [0.2, 0.25) is 0 Å². The lowest BCUT2D eigenvalue weighted by Gasteiger charge is -2.38. The zero-order chi connectivity index (χ0) is 17.1. The van der Waals surface area contributed by atoms with Crippen molar-refractivity contribution in [3.05, 3.63) is 48.3 Å². The van der Waals surface area contributed by atoms with Gasteiger partial charge in [-0.05, 0) is 5.56 Å². The van der Waals surface area contributed by atoms with Gasteiger partial charge in [0.15, 0.2) is 5.79 Å². The molecule has 1 aromatic carbocycles. The van der Waals surface area contributed by atoms with Gasteiger partial charge in [0.25, 0.3) is 0 Å². The molecule has 0 bridgehead atoms. The minimum Gasteiger partial charge on any atom is -0.356 e. The minimum absolute atomic E-state index is 0.351. The molecule has 2 fully saturated rings. The van der Waals surface area contributed by atoms with Crippen LogP contribution in [0, 0.1) is 0 Å². The Hall–Kier alpha value is -2.18. The van der Waals surface area contributed by atoms with Crippen LogP contribution < -0.4 is 9.80 Å². The van der Waals surface area contributed by atoms with Crippen molar-refractivity contribution in [2.24, 2.45) is 0 Å². The first-order valence-electron chi connectivity index (χ1n) is 8.84. The average Bonchev–Trinajstić information content (AvgIpc) is 3.11. The number of nitrogens with zero attached hydrogens (tertiary/aromatic N) is 4. The third-order valence-electron chi connectivity index (χ3n) is 4.95. The van der Waals surface area contributed by atoms with Gasteiger partial charge in [-0.3, -0.25) is 0 Å². The highest BCUT2D eigenvalue weighted by Gasteiger charge is 2.40. The van der Waals surface area contributed by atoms with Crippen molar-refractivity contribution in [3.63, 3.8) is 0 Å². The van der Waals surface area contributed by atoms with Crippen molar-refractivity contribution in [3.8, 4) is 0 Å². The van der Waals surface area contributed by atoms with Gasteiger partial charge in [-0.15, -0.1) is 0 Å². The zero-order valence-electron chi connectivity index (χ0n) is 14.6. The van der Waals surface area contributed by atoms with Gasteiger partial charge >= 0.3 is 0 Å². The first-order chi connectivity index (χ1) is 12.2. The SMILES string of the molecule is CN(Cc1ccccc1)c1cc(N2CCC3(CC2)OCCO3)ncn1. The topological polar surface area (TPSA) is 50.7 Å². The Balaban J connectivity index is 1.43. The lowest BCUT2D eigenvalue weighted by atomic mass is 10.0. The lowest BCUT2D eigenvalue weighted by molar-refractivity contribution is -0.169. The summed E-state index contributed by atoms with van der Waals surface area (Å²) < 4.78 is 11.6. The molecule has 1 aromatic heterocycles. The molecule has 0 amide bonds. The van der Waals surface area contributed by atoms with E-state index in [1.807, 2.05) is 6.07 Å². The van der Waals surface area contributed by atoms with E-state index in [-0.39, 0.29) is 5.79 Å². The second-order valence-corrected chi connectivity index (χ2v) is 6.67. The van der Waals surface area contributed by atoms with E-state index in [9.17, 15) is 0 Å². The van der Waals surface area contributed by atoms with Gasteiger partial charge in [0.05, 0.1) is 13.2 Å². The molecule has 4 rings (SSSR count). The Bertz CT molecular complexity index is 694. The van der Waals surface area contributed by atoms with Gasteiger partial charge in [0.1, 0.15) is 18.0 Å². The van der Waals surface area contributed by atoms with Crippen LogP contribution in [0.5, 0.6) is 0 Å². The monoisotopic (exact) mass is 340 g/mol. The summed E-state index contributed by atoms with van der Waals surface area (Å²) in [5, 5.41) is 0. The third kappa shape index (κ3) is 3.60. The van der Waals surface area contributed by atoms with E-state index in [4.69, 9.17) is 9.47 Å². The van der Waals surface area contributed by atoms with E-state index in [1.165, 1.54) is 5.56 Å². The maximum atomic E-state index is 5.80. The summed E-state index contributed by atoms with van der Waals surface area (Å²) in [5.41, 5.74) is 1.26. The van der Waals surface area contributed by atoms with Gasteiger partial charge in [-0.25, -0.2) is 9.97 Å². The van der Waals surface area contributed by atoms with Crippen molar-refractivity contribution >= 4 is 11.6 Å². The number of aromatic nitrogens is 2. The van der Waals surface area contributed by atoms with Gasteiger partial charge < -0.3 is 19.3 Å². The Morgan fingerprint density at radius 2 is 1.80 bits per heavy atom. The standard InChI is InChI=1S/C19H24N4O2/c1-22(14-16-5-3-2-4-6-16)17-13-18(21-15-20-17)23-9-7-19(8-10-23)24-11-12-25-19/h2-6,13,15H,7-12,14H2,1H3. The molecule has 0 saturated carbocycles. The number of hydrogen-bond donors (Lipinski definition) is 0. The molecule has 6 heteroatoms. The molecule has 132 valence electrons. The van der Waals surface area contributed by atoms with E-state index in [1.54, 1.807) is 6.33 Å². The number of ether oxygens (including phenoxy) is 2. The number of rotatable bonds is 4. The molecule has 2 aliphatic heterocycles. The molecule has 0 aliphatic carbocycles. The predicted octanol–water partition coefficient (Wildman–Crippen LogP) is 2.46. The van der Waals surface area contributed by atoms with Gasteiger partial charge in [0, 0.05) is 45.6 Å². The highest BCUT2D eigenvalue weighted by molar-refractivity contribution is 5.50. The summed E-state index contributed by atoms with van der Waals surface area (Å²) in [6.45, 7) is 4.02. The molecule has 0 radical (unpaired) electrons. The van der Waals surface area contributed by atoms with Gasteiger partial charge in [-0.1, -0.05) is 30.3 Å². The number of piperidine rings is 1. The Kier molecular flexibility index (Phi) is 4.55. The molecule has 2 aromatic rings. The van der Waals surface area contributed by atoms with E-state index in [2.05, 4.69) is 57.1 Å². The third-order valence-corrected chi connectivity index (χ3v) is 4.95. The lowest BCUT2D eigenvalue weighted by Crippen LogP contribution is -2.45. The average molecular weight is 340 g/mol. The smallest absolute Gasteiger partial charge is 0.171 e. The van der Waals surface area contributed by atoms with Crippen LogP contribution in [-0.2, 0) is 16.0 Å². The minimum atomic E-state index is -0.351. The molecule has 25 heavy (non-hydrogen) atoms. The van der Waals surface area contributed by atoms with Crippen LogP contribution in [0.25, 0.3) is 0 Å². The second-order valence-electron chi connectivity index (χ2n) is 6.67. The van der Waals surface area contributed by atoms with Crippen molar-refractivity contribution in [2.45, 2.75) is 25.2 Å². The molecule has 3 heterocycles. The Labute approximate surface area is 148 Å². The highest BCUT2D eigenvalue weighted by Crippen LogP contribution is 2.33. The molecule has 2 saturated heterocycles. The predicted molar refractivity (Wildman–Crippen MR) is 96.7 cm³/mol. The normalized spacial score (nSPS) is 19.3. The number of hydrogen-bond acceptors (Lipinski definition) is 6. The van der Waals surface area contributed by atoms with Crippen LogP contribution in [0.4, 0.5) is 11.6 Å². The van der Waals surface area contributed by atoms with E-state index >= 15 is 0 Å². The summed E-state index contributed by atoms with van der Waals surface area (Å²) in [5.74, 6) is 1.55. The molecular weight excluding hydrogens is 316 g/mol. The summed E-state index contributed by atoms with van der Waals surface area (Å²) in [6, 6.07) is 12.5. The summed E-state index contributed by atoms with van der Waals surface area (Å²) >= 11 is 0.